The van der Waals surface area contributed by atoms with Crippen LogP contribution in [0.1, 0.15) is 19.3 Å². The molecule has 1 aliphatic rings. The van der Waals surface area contributed by atoms with Gasteiger partial charge in [0.1, 0.15) is 0 Å². The standard InChI is InChI=1S/C12H16N4/c13-15-14-10-12-8-4-5-9-16(12)11-6-2-1-3-7-11/h1-3,6-7,12H,4-5,8-10H2. The van der Waals surface area contributed by atoms with Gasteiger partial charge >= 0.3 is 0 Å². The smallest absolute Gasteiger partial charge is 0.0462 e. The number of para-hydroxylation sites is 1. The van der Waals surface area contributed by atoms with Crippen LogP contribution >= 0.6 is 0 Å². The molecule has 84 valence electrons. The van der Waals surface area contributed by atoms with E-state index in [4.69, 9.17) is 5.53 Å². The monoisotopic (exact) mass is 216 g/mol. The second-order valence-electron chi connectivity index (χ2n) is 4.09. The van der Waals surface area contributed by atoms with E-state index in [2.05, 4.69) is 39.2 Å². The van der Waals surface area contributed by atoms with Crippen LogP contribution in [-0.4, -0.2) is 19.1 Å². The lowest BCUT2D eigenvalue weighted by molar-refractivity contribution is 0.465. The van der Waals surface area contributed by atoms with Crippen molar-refractivity contribution in [1.29, 1.82) is 0 Å². The van der Waals surface area contributed by atoms with Crippen molar-refractivity contribution in [3.05, 3.63) is 40.8 Å². The van der Waals surface area contributed by atoms with E-state index in [-0.39, 0.29) is 0 Å². The van der Waals surface area contributed by atoms with Crippen LogP contribution in [0.25, 0.3) is 10.4 Å². The summed E-state index contributed by atoms with van der Waals surface area (Å²) >= 11 is 0. The highest BCUT2D eigenvalue weighted by molar-refractivity contribution is 5.47. The van der Waals surface area contributed by atoms with Crippen LogP contribution < -0.4 is 4.90 Å². The Kier molecular flexibility index (Phi) is 3.67. The molecule has 1 unspecified atom stereocenters. The fourth-order valence-electron chi connectivity index (χ4n) is 2.28. The number of benzene rings is 1. The van der Waals surface area contributed by atoms with Gasteiger partial charge in [0.15, 0.2) is 0 Å². The summed E-state index contributed by atoms with van der Waals surface area (Å²) in [4.78, 5) is 5.22. The molecule has 1 fully saturated rings. The topological polar surface area (TPSA) is 52.0 Å². The largest absolute Gasteiger partial charge is 0.368 e. The number of hydrogen-bond donors (Lipinski definition) is 0. The Morgan fingerprint density at radius 1 is 1.31 bits per heavy atom. The Labute approximate surface area is 95.5 Å². The molecule has 0 spiro atoms. The van der Waals surface area contributed by atoms with Crippen molar-refractivity contribution in [1.82, 2.24) is 0 Å². The fraction of sp³-hybridized carbons (Fsp3) is 0.500. The van der Waals surface area contributed by atoms with Crippen molar-refractivity contribution >= 4 is 5.69 Å². The molecule has 1 aromatic rings. The first-order chi connectivity index (χ1) is 7.92. The van der Waals surface area contributed by atoms with Crippen molar-refractivity contribution in [3.63, 3.8) is 0 Å². The number of anilines is 1. The lowest BCUT2D eigenvalue weighted by Crippen LogP contribution is -2.41. The second kappa shape index (κ2) is 5.42. The van der Waals surface area contributed by atoms with E-state index >= 15 is 0 Å². The first-order valence-corrected chi connectivity index (χ1v) is 5.74. The summed E-state index contributed by atoms with van der Waals surface area (Å²) in [6.45, 7) is 1.64. The third-order valence-electron chi connectivity index (χ3n) is 3.07. The SMILES string of the molecule is [N-]=[N+]=NCC1CCCCN1c1ccccc1. The zero-order valence-corrected chi connectivity index (χ0v) is 9.29. The van der Waals surface area contributed by atoms with Gasteiger partial charge in [0, 0.05) is 29.7 Å². The van der Waals surface area contributed by atoms with E-state index < -0.39 is 0 Å². The van der Waals surface area contributed by atoms with Gasteiger partial charge in [0.25, 0.3) is 0 Å². The molecule has 4 heteroatoms. The maximum absolute atomic E-state index is 8.39. The molecule has 0 radical (unpaired) electrons. The summed E-state index contributed by atoms with van der Waals surface area (Å²) < 4.78 is 0. The fourth-order valence-corrected chi connectivity index (χ4v) is 2.28. The summed E-state index contributed by atoms with van der Waals surface area (Å²) in [5, 5.41) is 3.71. The molecule has 1 heterocycles. The molecule has 1 saturated heterocycles. The molecule has 0 saturated carbocycles. The highest BCUT2D eigenvalue weighted by Crippen LogP contribution is 2.24. The molecule has 0 aromatic heterocycles. The molecule has 16 heavy (non-hydrogen) atoms. The first kappa shape index (κ1) is 10.8. The Bertz CT molecular complexity index is 370. The number of nitrogens with zero attached hydrogens (tertiary/aromatic N) is 4. The lowest BCUT2D eigenvalue weighted by atomic mass is 10.0. The lowest BCUT2D eigenvalue weighted by Gasteiger charge is -2.36. The summed E-state index contributed by atoms with van der Waals surface area (Å²) in [6, 6.07) is 10.7. The minimum atomic E-state index is 0.368. The number of piperidine rings is 1. The highest BCUT2D eigenvalue weighted by Gasteiger charge is 2.21. The summed E-state index contributed by atoms with van der Waals surface area (Å²) in [5.41, 5.74) is 9.63. The minimum absolute atomic E-state index is 0.368. The predicted octanol–water partition coefficient (Wildman–Crippen LogP) is 3.36. The van der Waals surface area contributed by atoms with E-state index in [0.29, 0.717) is 12.6 Å². The average Bonchev–Trinajstić information content (AvgIpc) is 2.38. The summed E-state index contributed by atoms with van der Waals surface area (Å²) in [5.74, 6) is 0. The van der Waals surface area contributed by atoms with Crippen LogP contribution in [0, 0.1) is 0 Å². The number of hydrogen-bond acceptors (Lipinski definition) is 2. The van der Waals surface area contributed by atoms with Crippen LogP contribution in [-0.2, 0) is 0 Å². The molecule has 4 nitrogen and oxygen atoms in total. The molecule has 0 amide bonds. The molecular weight excluding hydrogens is 200 g/mol. The van der Waals surface area contributed by atoms with Crippen LogP contribution in [0.15, 0.2) is 35.4 Å². The highest BCUT2D eigenvalue weighted by atomic mass is 15.2. The third-order valence-corrected chi connectivity index (χ3v) is 3.07. The first-order valence-electron chi connectivity index (χ1n) is 5.74. The molecule has 1 aliphatic heterocycles. The van der Waals surface area contributed by atoms with Gasteiger partial charge in [0.2, 0.25) is 0 Å². The molecule has 0 aliphatic carbocycles. The van der Waals surface area contributed by atoms with Crippen molar-refractivity contribution in [3.8, 4) is 0 Å². The predicted molar refractivity (Wildman–Crippen MR) is 65.4 cm³/mol. The normalized spacial score (nSPS) is 20.2. The summed E-state index contributed by atoms with van der Waals surface area (Å²) in [6.07, 6.45) is 3.57. The second-order valence-corrected chi connectivity index (χ2v) is 4.09. The molecule has 0 bridgehead atoms. The maximum atomic E-state index is 8.39. The molecule has 2 rings (SSSR count). The van der Waals surface area contributed by atoms with Gasteiger partial charge < -0.3 is 4.90 Å². The van der Waals surface area contributed by atoms with E-state index in [1.807, 2.05) is 6.07 Å². The van der Waals surface area contributed by atoms with Gasteiger partial charge in [-0.15, -0.1) is 0 Å². The van der Waals surface area contributed by atoms with Crippen molar-refractivity contribution in [2.24, 2.45) is 5.11 Å². The number of azide groups is 1. The Balaban J connectivity index is 2.13. The Hall–Kier alpha value is -1.67. The van der Waals surface area contributed by atoms with Gasteiger partial charge in [-0.25, -0.2) is 0 Å². The third kappa shape index (κ3) is 2.47. The van der Waals surface area contributed by atoms with Crippen LogP contribution in [0.5, 0.6) is 0 Å². The van der Waals surface area contributed by atoms with Crippen LogP contribution in [0.2, 0.25) is 0 Å². The number of rotatable bonds is 3. The van der Waals surface area contributed by atoms with Crippen molar-refractivity contribution < 1.29 is 0 Å². The molecule has 1 atom stereocenters. The zero-order chi connectivity index (χ0) is 11.2. The van der Waals surface area contributed by atoms with E-state index in [1.54, 1.807) is 0 Å². The van der Waals surface area contributed by atoms with E-state index in [0.717, 1.165) is 13.0 Å². The minimum Gasteiger partial charge on any atom is -0.368 e. The van der Waals surface area contributed by atoms with Gasteiger partial charge in [-0.05, 0) is 36.9 Å². The summed E-state index contributed by atoms with van der Waals surface area (Å²) in [7, 11) is 0. The maximum Gasteiger partial charge on any atom is 0.0462 e. The van der Waals surface area contributed by atoms with Crippen LogP contribution in [0.4, 0.5) is 5.69 Å². The van der Waals surface area contributed by atoms with Crippen LogP contribution in [0.3, 0.4) is 0 Å². The van der Waals surface area contributed by atoms with Gasteiger partial charge in [-0.3, -0.25) is 0 Å². The van der Waals surface area contributed by atoms with Gasteiger partial charge in [-0.2, -0.15) is 0 Å². The van der Waals surface area contributed by atoms with Crippen molar-refractivity contribution in [2.75, 3.05) is 18.0 Å². The molecular formula is C12H16N4. The van der Waals surface area contributed by atoms with E-state index in [9.17, 15) is 0 Å². The Morgan fingerprint density at radius 3 is 2.88 bits per heavy atom. The molecule has 0 N–H and O–H groups in total. The molecule has 1 aromatic carbocycles. The van der Waals surface area contributed by atoms with E-state index in [1.165, 1.54) is 18.5 Å². The van der Waals surface area contributed by atoms with Crippen molar-refractivity contribution in [2.45, 2.75) is 25.3 Å². The van der Waals surface area contributed by atoms with Gasteiger partial charge in [-0.1, -0.05) is 23.3 Å². The Morgan fingerprint density at radius 2 is 2.12 bits per heavy atom. The quantitative estimate of drug-likeness (QED) is 0.434. The van der Waals surface area contributed by atoms with Gasteiger partial charge in [0.05, 0.1) is 0 Å². The zero-order valence-electron chi connectivity index (χ0n) is 9.29. The average molecular weight is 216 g/mol.